The van der Waals surface area contributed by atoms with E-state index >= 15 is 0 Å². The second-order valence-electron chi connectivity index (χ2n) is 4.39. The molecule has 7 heteroatoms. The third kappa shape index (κ3) is 1.71. The molecule has 4 unspecified atom stereocenters. The third-order valence-corrected chi connectivity index (χ3v) is 3.28. The van der Waals surface area contributed by atoms with Gasteiger partial charge >= 0.3 is 14.2 Å². The van der Waals surface area contributed by atoms with E-state index in [1.165, 1.54) is 0 Å². The molecule has 5 nitrogen and oxygen atoms in total. The quantitative estimate of drug-likeness (QED) is 0.643. The highest BCUT2D eigenvalue weighted by Crippen LogP contribution is 2.36. The summed E-state index contributed by atoms with van der Waals surface area (Å²) in [6, 6.07) is 0. The Kier molecular flexibility index (Phi) is 2.97. The van der Waals surface area contributed by atoms with Gasteiger partial charge in [-0.2, -0.15) is 0 Å². The van der Waals surface area contributed by atoms with E-state index in [-0.39, 0.29) is 38.8 Å². The van der Waals surface area contributed by atoms with Crippen molar-refractivity contribution in [3.63, 3.8) is 0 Å². The van der Waals surface area contributed by atoms with Crippen LogP contribution in [0.3, 0.4) is 0 Å². The van der Waals surface area contributed by atoms with Crippen LogP contribution in [-0.2, 0) is 23.4 Å². The lowest BCUT2D eigenvalue weighted by molar-refractivity contribution is -0.101. The van der Waals surface area contributed by atoms with Gasteiger partial charge in [0.25, 0.3) is 0 Å². The summed E-state index contributed by atoms with van der Waals surface area (Å²) in [5.74, 6) is 0. The first kappa shape index (κ1) is 11.0. The van der Waals surface area contributed by atoms with Crippen LogP contribution >= 0.6 is 0 Å². The van der Waals surface area contributed by atoms with Gasteiger partial charge in [-0.15, -0.1) is 0 Å². The van der Waals surface area contributed by atoms with Crippen LogP contribution in [0.2, 0.25) is 12.6 Å². The fraction of sp³-hybridized carbons (Fsp3) is 1.00. The predicted octanol–water partition coefficient (Wildman–Crippen LogP) is 0.558. The Morgan fingerprint density at radius 1 is 1.00 bits per heavy atom. The molecule has 16 heavy (non-hydrogen) atoms. The summed E-state index contributed by atoms with van der Waals surface area (Å²) in [4.78, 5) is 0. The first-order chi connectivity index (χ1) is 7.81. The van der Waals surface area contributed by atoms with E-state index in [0.717, 1.165) is 12.6 Å². The zero-order valence-corrected chi connectivity index (χ0v) is 9.63. The zero-order valence-electron chi connectivity index (χ0n) is 9.63. The van der Waals surface area contributed by atoms with Crippen LogP contribution < -0.4 is 0 Å². The van der Waals surface area contributed by atoms with Gasteiger partial charge in [-0.25, -0.2) is 0 Å². The molecule has 0 radical (unpaired) electrons. The zero-order chi connectivity index (χ0) is 11.1. The van der Waals surface area contributed by atoms with Crippen molar-refractivity contribution in [3.8, 4) is 0 Å². The van der Waals surface area contributed by atoms with Gasteiger partial charge in [-0.3, -0.25) is 0 Å². The normalized spacial score (nSPS) is 42.4. The first-order valence-corrected chi connectivity index (χ1v) is 6.05. The summed E-state index contributed by atoms with van der Waals surface area (Å²) < 4.78 is 28.4. The lowest BCUT2D eigenvalue weighted by atomic mass is 9.83. The molecule has 0 spiro atoms. The minimum absolute atomic E-state index is 0.0414. The Morgan fingerprint density at radius 2 is 1.75 bits per heavy atom. The molecule has 4 atom stereocenters. The molecule has 0 amide bonds. The molecule has 0 N–H and O–H groups in total. The van der Waals surface area contributed by atoms with Crippen LogP contribution in [-0.4, -0.2) is 45.4 Å². The largest absolute Gasteiger partial charge is 0.458 e. The Morgan fingerprint density at radius 3 is 2.50 bits per heavy atom. The number of ether oxygens (including phenoxy) is 1. The van der Waals surface area contributed by atoms with Crippen molar-refractivity contribution in [2.45, 2.75) is 51.1 Å². The van der Waals surface area contributed by atoms with E-state index in [4.69, 9.17) is 23.4 Å². The van der Waals surface area contributed by atoms with E-state index < -0.39 is 0 Å². The van der Waals surface area contributed by atoms with Crippen molar-refractivity contribution in [1.82, 2.24) is 0 Å². The molecule has 3 aliphatic heterocycles. The fourth-order valence-corrected chi connectivity index (χ4v) is 2.42. The van der Waals surface area contributed by atoms with Crippen LogP contribution in [0.25, 0.3) is 0 Å². The summed E-state index contributed by atoms with van der Waals surface area (Å²) in [6.45, 7) is 4.64. The van der Waals surface area contributed by atoms with E-state index in [2.05, 4.69) is 0 Å². The van der Waals surface area contributed by atoms with Crippen LogP contribution in [0.5, 0.6) is 0 Å². The molecular weight excluding hydrogens is 210 g/mol. The van der Waals surface area contributed by atoms with Crippen LogP contribution in [0.15, 0.2) is 0 Å². The van der Waals surface area contributed by atoms with Gasteiger partial charge in [-0.1, -0.05) is 13.8 Å². The van der Waals surface area contributed by atoms with Crippen molar-refractivity contribution < 1.29 is 23.4 Å². The molecule has 3 heterocycles. The van der Waals surface area contributed by atoms with Gasteiger partial charge < -0.3 is 23.4 Å². The Labute approximate surface area is 96.0 Å². The molecular formula is C9H16B2O5. The summed E-state index contributed by atoms with van der Waals surface area (Å²) >= 11 is 0. The van der Waals surface area contributed by atoms with E-state index in [1.807, 2.05) is 13.8 Å². The highest BCUT2D eigenvalue weighted by molar-refractivity contribution is 6.45. The average molecular weight is 226 g/mol. The van der Waals surface area contributed by atoms with E-state index in [9.17, 15) is 0 Å². The minimum atomic E-state index is -0.279. The second kappa shape index (κ2) is 4.31. The fourth-order valence-electron chi connectivity index (χ4n) is 2.42. The molecule has 3 aliphatic rings. The van der Waals surface area contributed by atoms with Crippen molar-refractivity contribution in [2.75, 3.05) is 6.61 Å². The molecule has 0 aliphatic carbocycles. The Balaban J connectivity index is 1.68. The van der Waals surface area contributed by atoms with Gasteiger partial charge in [-0.05, 0) is 12.6 Å². The molecule has 0 bridgehead atoms. The maximum Gasteiger partial charge on any atom is 0.458 e. The molecule has 0 aromatic heterocycles. The van der Waals surface area contributed by atoms with Crippen LogP contribution in [0.4, 0.5) is 0 Å². The standard InChI is InChI=1S/C9H16B2O5/c1-3-10-12-5-6-7(14-10)8-9(13-6)16-11(4-2)15-8/h6-9H,3-5H2,1-2H3. The van der Waals surface area contributed by atoms with Crippen LogP contribution in [0, 0.1) is 0 Å². The number of fused-ring (bicyclic) bond motifs is 3. The third-order valence-electron chi connectivity index (χ3n) is 3.28. The summed E-state index contributed by atoms with van der Waals surface area (Å²) in [5.41, 5.74) is 0. The second-order valence-corrected chi connectivity index (χ2v) is 4.39. The molecule has 3 fully saturated rings. The molecule has 0 aromatic carbocycles. The molecule has 0 aromatic rings. The lowest BCUT2D eigenvalue weighted by Crippen LogP contribution is -2.48. The molecule has 88 valence electrons. The van der Waals surface area contributed by atoms with Gasteiger partial charge in [0.2, 0.25) is 0 Å². The van der Waals surface area contributed by atoms with Gasteiger partial charge in [0.1, 0.15) is 18.3 Å². The average Bonchev–Trinajstić information content (AvgIpc) is 2.85. The van der Waals surface area contributed by atoms with Crippen molar-refractivity contribution in [1.29, 1.82) is 0 Å². The van der Waals surface area contributed by atoms with Gasteiger partial charge in [0.15, 0.2) is 6.29 Å². The van der Waals surface area contributed by atoms with Crippen molar-refractivity contribution in [2.24, 2.45) is 0 Å². The van der Waals surface area contributed by atoms with E-state index in [1.54, 1.807) is 0 Å². The van der Waals surface area contributed by atoms with Gasteiger partial charge in [0, 0.05) is 0 Å². The molecule has 3 saturated heterocycles. The smallest absolute Gasteiger partial charge is 0.408 e. The number of hydrogen-bond donors (Lipinski definition) is 0. The maximum atomic E-state index is 5.81. The summed E-state index contributed by atoms with van der Waals surface area (Å²) in [5, 5.41) is 0. The monoisotopic (exact) mass is 226 g/mol. The minimum Gasteiger partial charge on any atom is -0.408 e. The predicted molar refractivity (Wildman–Crippen MR) is 57.9 cm³/mol. The Bertz CT molecular complexity index is 266. The highest BCUT2D eigenvalue weighted by Gasteiger charge is 2.55. The Hall–Kier alpha value is -0.0701. The van der Waals surface area contributed by atoms with Gasteiger partial charge in [0.05, 0.1) is 6.61 Å². The lowest BCUT2D eigenvalue weighted by Gasteiger charge is -2.31. The van der Waals surface area contributed by atoms with E-state index in [0.29, 0.717) is 6.61 Å². The van der Waals surface area contributed by atoms with Crippen molar-refractivity contribution >= 4 is 14.2 Å². The molecule has 0 saturated carbocycles. The number of rotatable bonds is 2. The number of hydrogen-bond acceptors (Lipinski definition) is 5. The SMILES string of the molecule is CCB1OCC2OC3OB(CC)OC3C2O1. The molecule has 3 rings (SSSR count). The van der Waals surface area contributed by atoms with Crippen molar-refractivity contribution in [3.05, 3.63) is 0 Å². The van der Waals surface area contributed by atoms with Crippen LogP contribution in [0.1, 0.15) is 13.8 Å². The highest BCUT2D eigenvalue weighted by atomic mass is 16.8. The maximum absolute atomic E-state index is 5.81. The summed E-state index contributed by atoms with van der Waals surface area (Å²) in [7, 11) is -0.282. The summed E-state index contributed by atoms with van der Waals surface area (Å²) in [6.07, 6.45) is 1.23. The topological polar surface area (TPSA) is 46.2 Å². The first-order valence-electron chi connectivity index (χ1n) is 6.05.